The maximum atomic E-state index is 11.9. The summed E-state index contributed by atoms with van der Waals surface area (Å²) in [5, 5.41) is 41.1. The smallest absolute Gasteiger partial charge is 0.308 e. The Morgan fingerprint density at radius 2 is 1.47 bits per heavy atom. The molecule has 0 bridgehead atoms. The zero-order valence-corrected chi connectivity index (χ0v) is 18.2. The summed E-state index contributed by atoms with van der Waals surface area (Å²) < 4.78 is 16.5. The van der Waals surface area contributed by atoms with E-state index in [1.165, 1.54) is 24.3 Å². The van der Waals surface area contributed by atoms with Crippen LogP contribution in [0.25, 0.3) is 33.1 Å². The Hall–Kier alpha value is -3.92. The molecule has 0 amide bonds. The number of phenolic OH excluding ortho intramolecular Hbond substituents is 4. The molecule has 9 nitrogen and oxygen atoms in total. The number of aromatic hydroxyl groups is 4. The number of rotatable bonds is 3. The lowest BCUT2D eigenvalue weighted by molar-refractivity contribution is -0.134. The lowest BCUT2D eigenvalue weighted by atomic mass is 9.99. The lowest BCUT2D eigenvalue weighted by Gasteiger charge is -2.16. The zero-order chi connectivity index (χ0) is 23.3. The molecule has 164 valence electrons. The normalized spacial score (nSPS) is 11.1. The van der Waals surface area contributed by atoms with Crippen molar-refractivity contribution in [3.63, 3.8) is 0 Å². The summed E-state index contributed by atoms with van der Waals surface area (Å²) in [6, 6.07) is 6.78. The van der Waals surface area contributed by atoms with Gasteiger partial charge in [0.2, 0.25) is 0 Å². The predicted octanol–water partition coefficient (Wildman–Crippen LogP) is 4.69. The van der Waals surface area contributed by atoms with Crippen molar-refractivity contribution < 1.29 is 43.9 Å². The zero-order valence-electron chi connectivity index (χ0n) is 16.6. The predicted molar refractivity (Wildman–Crippen MR) is 116 cm³/mol. The second-order valence-electron chi connectivity index (χ2n) is 6.86. The Morgan fingerprint density at radius 1 is 0.875 bits per heavy atom. The molecular weight excluding hydrogens is 488 g/mol. The number of hydrogen-bond acceptors (Lipinski definition) is 9. The van der Waals surface area contributed by atoms with Gasteiger partial charge in [-0.05, 0) is 39.7 Å². The largest absolute Gasteiger partial charge is 0.508 e. The van der Waals surface area contributed by atoms with Crippen LogP contribution in [0.3, 0.4) is 0 Å². The van der Waals surface area contributed by atoms with Gasteiger partial charge in [0, 0.05) is 19.2 Å². The fraction of sp³-hybridized carbons (Fsp3) is 0.0909. The molecule has 0 radical (unpaired) electrons. The van der Waals surface area contributed by atoms with Crippen LogP contribution < -0.4 is 9.47 Å². The van der Waals surface area contributed by atoms with Gasteiger partial charge in [-0.15, -0.1) is 0 Å². The Kier molecular flexibility index (Phi) is 5.09. The quantitative estimate of drug-likeness (QED) is 0.178. The van der Waals surface area contributed by atoms with E-state index in [4.69, 9.17) is 13.9 Å². The second-order valence-corrected chi connectivity index (χ2v) is 7.65. The lowest BCUT2D eigenvalue weighted by Crippen LogP contribution is -2.09. The summed E-state index contributed by atoms with van der Waals surface area (Å²) in [6.45, 7) is 2.27. The van der Waals surface area contributed by atoms with Crippen molar-refractivity contribution in [2.45, 2.75) is 13.8 Å². The van der Waals surface area contributed by atoms with Crippen LogP contribution in [0.4, 0.5) is 0 Å². The first-order valence-electron chi connectivity index (χ1n) is 9.12. The van der Waals surface area contributed by atoms with Crippen LogP contribution in [0.15, 0.2) is 39.2 Å². The van der Waals surface area contributed by atoms with Crippen molar-refractivity contribution in [1.29, 1.82) is 0 Å². The van der Waals surface area contributed by atoms with Crippen molar-refractivity contribution in [3.05, 3.63) is 34.8 Å². The Labute approximate surface area is 188 Å². The molecule has 32 heavy (non-hydrogen) atoms. The molecule has 1 aromatic heterocycles. The minimum Gasteiger partial charge on any atom is -0.508 e. The van der Waals surface area contributed by atoms with Crippen molar-refractivity contribution in [3.8, 4) is 45.6 Å². The summed E-state index contributed by atoms with van der Waals surface area (Å²) in [6.07, 6.45) is 0. The number of carbonyl (C=O) groups is 2. The number of furan rings is 1. The van der Waals surface area contributed by atoms with Crippen LogP contribution >= 0.6 is 15.9 Å². The molecule has 0 aliphatic rings. The molecule has 0 atom stereocenters. The number of benzene rings is 3. The molecule has 10 heteroatoms. The molecule has 4 N–H and O–H groups in total. The van der Waals surface area contributed by atoms with Gasteiger partial charge in [0.1, 0.15) is 10.2 Å². The van der Waals surface area contributed by atoms with E-state index in [2.05, 4.69) is 15.9 Å². The van der Waals surface area contributed by atoms with E-state index in [1.807, 2.05) is 0 Å². The number of esters is 2. The molecule has 0 aliphatic heterocycles. The molecule has 0 saturated carbocycles. The molecule has 4 aromatic rings. The monoisotopic (exact) mass is 502 g/mol. The van der Waals surface area contributed by atoms with Crippen molar-refractivity contribution in [2.24, 2.45) is 0 Å². The first kappa shape index (κ1) is 21.3. The number of fused-ring (bicyclic) bond motifs is 3. The van der Waals surface area contributed by atoms with Gasteiger partial charge in [-0.25, -0.2) is 0 Å². The highest BCUT2D eigenvalue weighted by Crippen LogP contribution is 2.55. The topological polar surface area (TPSA) is 147 Å². The molecule has 4 rings (SSSR count). The first-order chi connectivity index (χ1) is 15.1. The van der Waals surface area contributed by atoms with Crippen LogP contribution in [0.5, 0.6) is 34.5 Å². The van der Waals surface area contributed by atoms with Crippen molar-refractivity contribution in [2.75, 3.05) is 0 Å². The van der Waals surface area contributed by atoms with Crippen molar-refractivity contribution >= 4 is 49.8 Å². The molecule has 0 aliphatic carbocycles. The average Bonchev–Trinajstić information content (AvgIpc) is 3.10. The van der Waals surface area contributed by atoms with E-state index >= 15 is 0 Å². The molecule has 3 aromatic carbocycles. The van der Waals surface area contributed by atoms with Gasteiger partial charge in [0.05, 0.1) is 10.9 Å². The molecule has 0 unspecified atom stereocenters. The third-order valence-electron chi connectivity index (χ3n) is 4.64. The second kappa shape index (κ2) is 7.65. The first-order valence-corrected chi connectivity index (χ1v) is 9.91. The van der Waals surface area contributed by atoms with Crippen LogP contribution in [0, 0.1) is 0 Å². The van der Waals surface area contributed by atoms with Crippen LogP contribution in [-0.4, -0.2) is 32.4 Å². The van der Waals surface area contributed by atoms with Gasteiger partial charge in [-0.1, -0.05) is 12.1 Å². The molecular formula is C22H15BrO9. The number of hydrogen-bond donors (Lipinski definition) is 4. The summed E-state index contributed by atoms with van der Waals surface area (Å²) in [5.74, 6) is -3.51. The SMILES string of the molecule is CC(=O)Oc1c(-c2ccc(O)cc2)c(O)c2oc3c(Br)c(O)c(O)cc3c2c1OC(C)=O. The van der Waals surface area contributed by atoms with Gasteiger partial charge >= 0.3 is 11.9 Å². The standard InChI is InChI=1S/C22H15BrO9/c1-8(24)30-21-14(10-3-5-11(26)6-4-10)18(29)20-15(22(21)31-9(2)25)12-7-13(27)17(28)16(23)19(12)32-20/h3-7,26-29H,1-2H3. The van der Waals surface area contributed by atoms with E-state index in [0.29, 0.717) is 5.56 Å². The minimum absolute atomic E-state index is 0.00269. The molecule has 0 saturated heterocycles. The van der Waals surface area contributed by atoms with Crippen LogP contribution in [0.2, 0.25) is 0 Å². The summed E-state index contributed by atoms with van der Waals surface area (Å²) in [5.41, 5.74) is 0.168. The molecule has 0 spiro atoms. The average molecular weight is 503 g/mol. The van der Waals surface area contributed by atoms with Crippen molar-refractivity contribution in [1.82, 2.24) is 0 Å². The highest BCUT2D eigenvalue weighted by atomic mass is 79.9. The highest BCUT2D eigenvalue weighted by Gasteiger charge is 2.31. The van der Waals surface area contributed by atoms with Gasteiger partial charge in [0.25, 0.3) is 0 Å². The number of carbonyl (C=O) groups excluding carboxylic acids is 2. The van der Waals surface area contributed by atoms with Gasteiger partial charge in [-0.2, -0.15) is 0 Å². The maximum absolute atomic E-state index is 11.9. The van der Waals surface area contributed by atoms with Gasteiger partial charge in [-0.3, -0.25) is 9.59 Å². The Balaban J connectivity index is 2.25. The van der Waals surface area contributed by atoms with E-state index in [9.17, 15) is 30.0 Å². The highest BCUT2D eigenvalue weighted by molar-refractivity contribution is 9.10. The summed E-state index contributed by atoms with van der Waals surface area (Å²) in [4.78, 5) is 23.8. The minimum atomic E-state index is -0.758. The van der Waals surface area contributed by atoms with Gasteiger partial charge in [0.15, 0.2) is 39.9 Å². The molecule has 0 fully saturated rings. The Bertz CT molecular complexity index is 1420. The number of phenols is 4. The Morgan fingerprint density at radius 3 is 2.06 bits per heavy atom. The molecule has 1 heterocycles. The fourth-order valence-corrected chi connectivity index (χ4v) is 3.89. The third kappa shape index (κ3) is 3.34. The third-order valence-corrected chi connectivity index (χ3v) is 5.37. The number of ether oxygens (including phenoxy) is 2. The fourth-order valence-electron chi connectivity index (χ4n) is 3.39. The van der Waals surface area contributed by atoms with E-state index < -0.39 is 29.2 Å². The van der Waals surface area contributed by atoms with E-state index in [1.54, 1.807) is 0 Å². The summed E-state index contributed by atoms with van der Waals surface area (Å²) >= 11 is 3.13. The van der Waals surface area contributed by atoms with E-state index in [0.717, 1.165) is 19.9 Å². The maximum Gasteiger partial charge on any atom is 0.308 e. The van der Waals surface area contributed by atoms with Gasteiger partial charge < -0.3 is 34.3 Å². The van der Waals surface area contributed by atoms with Crippen LogP contribution in [0.1, 0.15) is 13.8 Å². The summed E-state index contributed by atoms with van der Waals surface area (Å²) in [7, 11) is 0. The van der Waals surface area contributed by atoms with E-state index in [-0.39, 0.29) is 49.2 Å². The van der Waals surface area contributed by atoms with Crippen LogP contribution in [-0.2, 0) is 9.59 Å². The number of halogens is 1.